The fraction of sp³-hybridized carbons (Fsp3) is 0.621. The van der Waals surface area contributed by atoms with Crippen molar-refractivity contribution in [3.8, 4) is 0 Å². The maximum Gasteiger partial charge on any atom is 0.272 e. The number of hydrogen-bond acceptors (Lipinski definition) is 5. The molecule has 1 aromatic carbocycles. The SMILES string of the molecule is CN[C@H](C(=O)NC(C(=O)N(C)[C@H](/C=C(\C)C(=O)N(C)OC)C(C)C)C(C)(C)C)C(C)(C)c1ccccc1. The summed E-state index contributed by atoms with van der Waals surface area (Å²) in [4.78, 5) is 46.7. The molecule has 0 saturated carbocycles. The molecule has 0 aliphatic heterocycles. The van der Waals surface area contributed by atoms with Crippen molar-refractivity contribution >= 4 is 17.7 Å². The minimum absolute atomic E-state index is 0.0305. The maximum absolute atomic E-state index is 13.9. The summed E-state index contributed by atoms with van der Waals surface area (Å²) in [6.45, 7) is 15.5. The third-order valence-corrected chi connectivity index (χ3v) is 6.99. The first-order valence-electron chi connectivity index (χ1n) is 12.8. The predicted octanol–water partition coefficient (Wildman–Crippen LogP) is 3.53. The van der Waals surface area contributed by atoms with Crippen LogP contribution in [0.15, 0.2) is 42.0 Å². The van der Waals surface area contributed by atoms with E-state index in [4.69, 9.17) is 4.84 Å². The van der Waals surface area contributed by atoms with E-state index >= 15 is 0 Å². The highest BCUT2D eigenvalue weighted by Crippen LogP contribution is 2.29. The standard InChI is InChI=1S/C29H48N4O4/c1-19(2)22(18-20(3)26(35)33(11)37-12)32(10)27(36)24(28(4,5)6)31-25(34)23(30-9)29(7,8)21-16-14-13-15-17-21/h13-19,22-24,30H,1-12H3,(H,31,34)/b20-18+/t22-,23-,24?/m1/s1. The van der Waals surface area contributed by atoms with Gasteiger partial charge in [0, 0.05) is 25.1 Å². The van der Waals surface area contributed by atoms with Crippen LogP contribution in [0.25, 0.3) is 0 Å². The number of likely N-dealkylation sites (N-methyl/N-ethyl adjacent to an activating group) is 3. The number of nitrogens with one attached hydrogen (secondary N) is 2. The molecule has 0 aliphatic carbocycles. The lowest BCUT2D eigenvalue weighted by molar-refractivity contribution is -0.164. The van der Waals surface area contributed by atoms with E-state index in [2.05, 4.69) is 10.6 Å². The Kier molecular flexibility index (Phi) is 11.5. The minimum Gasteiger partial charge on any atom is -0.342 e. The quantitative estimate of drug-likeness (QED) is 0.347. The van der Waals surface area contributed by atoms with E-state index in [0.717, 1.165) is 10.6 Å². The Morgan fingerprint density at radius 3 is 1.95 bits per heavy atom. The van der Waals surface area contributed by atoms with E-state index < -0.39 is 22.9 Å². The minimum atomic E-state index is -0.778. The van der Waals surface area contributed by atoms with Crippen molar-refractivity contribution in [2.24, 2.45) is 11.3 Å². The Hall–Kier alpha value is -2.71. The number of hydroxylamine groups is 2. The molecule has 0 heterocycles. The van der Waals surface area contributed by atoms with Crippen LogP contribution >= 0.6 is 0 Å². The third-order valence-electron chi connectivity index (χ3n) is 6.99. The van der Waals surface area contributed by atoms with E-state index in [-0.39, 0.29) is 29.7 Å². The number of carbonyl (C=O) groups excluding carboxylic acids is 3. The van der Waals surface area contributed by atoms with Gasteiger partial charge in [0.15, 0.2) is 0 Å². The van der Waals surface area contributed by atoms with Crippen LogP contribution < -0.4 is 10.6 Å². The molecule has 1 unspecified atom stereocenters. The molecule has 0 radical (unpaired) electrons. The topological polar surface area (TPSA) is 91.0 Å². The number of carbonyl (C=O) groups is 3. The van der Waals surface area contributed by atoms with Crippen LogP contribution in [0.1, 0.15) is 61.0 Å². The van der Waals surface area contributed by atoms with Crippen molar-refractivity contribution in [2.45, 2.75) is 78.9 Å². The summed E-state index contributed by atoms with van der Waals surface area (Å²) in [5.74, 6) is -0.719. The summed E-state index contributed by atoms with van der Waals surface area (Å²) in [5.41, 5.74) is 0.416. The lowest BCUT2D eigenvalue weighted by Crippen LogP contribution is -2.61. The molecule has 1 aromatic rings. The zero-order chi connectivity index (χ0) is 28.7. The van der Waals surface area contributed by atoms with E-state index in [1.165, 1.54) is 7.11 Å². The van der Waals surface area contributed by atoms with Gasteiger partial charge in [0.2, 0.25) is 11.8 Å². The van der Waals surface area contributed by atoms with Crippen molar-refractivity contribution in [3.63, 3.8) is 0 Å². The molecular formula is C29H48N4O4. The summed E-state index contributed by atoms with van der Waals surface area (Å²) < 4.78 is 0. The third kappa shape index (κ3) is 8.14. The summed E-state index contributed by atoms with van der Waals surface area (Å²) in [6, 6.07) is 8.15. The number of benzene rings is 1. The number of amides is 3. The number of nitrogens with zero attached hydrogens (tertiary/aromatic N) is 2. The predicted molar refractivity (Wildman–Crippen MR) is 149 cm³/mol. The average Bonchev–Trinajstić information content (AvgIpc) is 2.83. The van der Waals surface area contributed by atoms with Crippen molar-refractivity contribution < 1.29 is 19.2 Å². The van der Waals surface area contributed by atoms with Crippen molar-refractivity contribution in [1.29, 1.82) is 0 Å². The van der Waals surface area contributed by atoms with E-state index in [0.29, 0.717) is 5.57 Å². The molecule has 0 aromatic heterocycles. The largest absolute Gasteiger partial charge is 0.342 e. The van der Waals surface area contributed by atoms with Gasteiger partial charge >= 0.3 is 0 Å². The first-order valence-corrected chi connectivity index (χ1v) is 12.8. The fourth-order valence-electron chi connectivity index (χ4n) is 4.49. The summed E-state index contributed by atoms with van der Waals surface area (Å²) >= 11 is 0. The highest BCUT2D eigenvalue weighted by atomic mass is 16.7. The second-order valence-corrected chi connectivity index (χ2v) is 11.6. The molecule has 3 amide bonds. The van der Waals surface area contributed by atoms with Gasteiger partial charge in [-0.25, -0.2) is 5.06 Å². The van der Waals surface area contributed by atoms with Crippen LogP contribution in [0.4, 0.5) is 0 Å². The van der Waals surface area contributed by atoms with E-state index in [1.54, 1.807) is 39.0 Å². The van der Waals surface area contributed by atoms with Crippen molar-refractivity contribution in [3.05, 3.63) is 47.5 Å². The molecular weight excluding hydrogens is 468 g/mol. The molecule has 8 nitrogen and oxygen atoms in total. The smallest absolute Gasteiger partial charge is 0.272 e. The van der Waals surface area contributed by atoms with Gasteiger partial charge in [-0.2, -0.15) is 0 Å². The Morgan fingerprint density at radius 1 is 0.973 bits per heavy atom. The number of rotatable bonds is 11. The van der Waals surface area contributed by atoms with Gasteiger partial charge in [-0.05, 0) is 30.9 Å². The van der Waals surface area contributed by atoms with Gasteiger partial charge in [0.05, 0.1) is 19.2 Å². The summed E-state index contributed by atoms with van der Waals surface area (Å²) in [5, 5.41) is 7.36. The fourth-order valence-corrected chi connectivity index (χ4v) is 4.49. The second kappa shape index (κ2) is 13.2. The van der Waals surface area contributed by atoms with Gasteiger partial charge in [-0.1, -0.05) is 84.9 Å². The summed E-state index contributed by atoms with van der Waals surface area (Å²) in [6.07, 6.45) is 1.79. The molecule has 37 heavy (non-hydrogen) atoms. The first kappa shape index (κ1) is 32.3. The molecule has 0 spiro atoms. The Balaban J connectivity index is 3.31. The second-order valence-electron chi connectivity index (χ2n) is 11.6. The van der Waals surface area contributed by atoms with Crippen LogP contribution in [-0.2, 0) is 24.6 Å². The molecule has 0 fully saturated rings. The van der Waals surface area contributed by atoms with Gasteiger partial charge in [-0.3, -0.25) is 19.2 Å². The maximum atomic E-state index is 13.9. The van der Waals surface area contributed by atoms with Gasteiger partial charge in [0.25, 0.3) is 5.91 Å². The van der Waals surface area contributed by atoms with Crippen LogP contribution in [-0.4, -0.2) is 74.1 Å². The molecule has 0 bridgehead atoms. The Morgan fingerprint density at radius 2 is 1.51 bits per heavy atom. The average molecular weight is 517 g/mol. The van der Waals surface area contributed by atoms with Crippen LogP contribution in [0.2, 0.25) is 0 Å². The van der Waals surface area contributed by atoms with Gasteiger partial charge < -0.3 is 15.5 Å². The van der Waals surface area contributed by atoms with Crippen molar-refractivity contribution in [2.75, 3.05) is 28.3 Å². The summed E-state index contributed by atoms with van der Waals surface area (Å²) in [7, 11) is 6.44. The molecule has 1 rings (SSSR count). The Bertz CT molecular complexity index is 950. The highest BCUT2D eigenvalue weighted by Gasteiger charge is 2.41. The van der Waals surface area contributed by atoms with Crippen LogP contribution in [0.3, 0.4) is 0 Å². The molecule has 3 atom stereocenters. The zero-order valence-corrected chi connectivity index (χ0v) is 24.8. The lowest BCUT2D eigenvalue weighted by atomic mass is 9.76. The van der Waals surface area contributed by atoms with Gasteiger partial charge in [-0.15, -0.1) is 0 Å². The normalized spacial score (nSPS) is 15.1. The van der Waals surface area contributed by atoms with Crippen molar-refractivity contribution in [1.82, 2.24) is 20.6 Å². The molecule has 208 valence electrons. The molecule has 2 N–H and O–H groups in total. The van der Waals surface area contributed by atoms with E-state index in [9.17, 15) is 14.4 Å². The lowest BCUT2D eigenvalue weighted by Gasteiger charge is -2.40. The molecule has 8 heteroatoms. The molecule has 0 aliphatic rings. The van der Waals surface area contributed by atoms with Crippen LogP contribution in [0.5, 0.6) is 0 Å². The molecule has 0 saturated heterocycles. The zero-order valence-electron chi connectivity index (χ0n) is 24.8. The first-order chi connectivity index (χ1) is 17.0. The van der Waals surface area contributed by atoms with Gasteiger partial charge in [0.1, 0.15) is 6.04 Å². The van der Waals surface area contributed by atoms with Crippen LogP contribution in [0, 0.1) is 11.3 Å². The highest BCUT2D eigenvalue weighted by molar-refractivity contribution is 5.93. The Labute approximate surface area is 223 Å². The van der Waals surface area contributed by atoms with E-state index in [1.807, 2.05) is 78.8 Å². The monoisotopic (exact) mass is 516 g/mol. The number of hydrogen-bond donors (Lipinski definition) is 2.